The first-order valence-electron chi connectivity index (χ1n) is 25.3. The van der Waals surface area contributed by atoms with Gasteiger partial charge in [0.05, 0.1) is 5.82 Å². The topological polar surface area (TPSA) is 37.2 Å². The molecule has 1 radical (unpaired) electrons. The molecule has 0 aliphatic carbocycles. The van der Waals surface area contributed by atoms with E-state index < -0.39 is 0 Å². The molecule has 5 nitrogen and oxygen atoms in total. The molecule has 0 unspecified atom stereocenters. The molecule has 0 spiro atoms. The number of para-hydroxylation sites is 2. The van der Waals surface area contributed by atoms with Crippen molar-refractivity contribution in [3.8, 4) is 72.8 Å². The quantitative estimate of drug-likeness (QED) is 0.0959. The SMILES string of the molecule is [Ir].[c-]1cc(-c2ccccc2-c2cc(CCc3c[c-]c(-c4nccn4-c4ccccc4)cc3)cc(CCc3c[c-]c(N4C=CN(c5ccccc5)[CH-]4)cc3)c2)c(-c2ccc(-c3ccccc3)cc2)cc1-c1ccccn1. The van der Waals surface area contributed by atoms with Crippen LogP contribution in [0.2, 0.25) is 0 Å². The van der Waals surface area contributed by atoms with Gasteiger partial charge in [-0.3, -0.25) is 4.98 Å². The average Bonchev–Trinajstić information content (AvgIpc) is 4.19. The Morgan fingerprint density at radius 1 is 0.387 bits per heavy atom. The van der Waals surface area contributed by atoms with Crippen LogP contribution >= 0.6 is 0 Å². The van der Waals surface area contributed by atoms with Gasteiger partial charge in [0.25, 0.3) is 0 Å². The molecule has 12 rings (SSSR count). The first kappa shape index (κ1) is 48.6. The fourth-order valence-corrected chi connectivity index (χ4v) is 9.92. The molecule has 0 amide bonds. The largest absolute Gasteiger partial charge is 0.500 e. The predicted molar refractivity (Wildman–Crippen MR) is 303 cm³/mol. The number of rotatable bonds is 15. The first-order valence-corrected chi connectivity index (χ1v) is 25.3. The van der Waals surface area contributed by atoms with Gasteiger partial charge >= 0.3 is 0 Å². The summed E-state index contributed by atoms with van der Waals surface area (Å²) in [5.74, 6) is 0.878. The Labute approximate surface area is 454 Å². The Hall–Kier alpha value is -8.67. The molecule has 0 saturated carbocycles. The van der Waals surface area contributed by atoms with E-state index in [4.69, 9.17) is 9.97 Å². The molecular formula is C69H51IrN5-4. The van der Waals surface area contributed by atoms with Crippen LogP contribution in [0.5, 0.6) is 0 Å². The molecule has 1 aliphatic rings. The van der Waals surface area contributed by atoms with Crippen LogP contribution in [-0.2, 0) is 45.8 Å². The number of imidazole rings is 1. The second kappa shape index (κ2) is 22.6. The van der Waals surface area contributed by atoms with Crippen LogP contribution in [0.15, 0.2) is 255 Å². The van der Waals surface area contributed by atoms with Gasteiger partial charge in [0.2, 0.25) is 0 Å². The predicted octanol–water partition coefficient (Wildman–Crippen LogP) is 16.2. The van der Waals surface area contributed by atoms with Gasteiger partial charge in [0.1, 0.15) is 0 Å². The number of aryl methyl sites for hydroxylation is 4. The Kier molecular flexibility index (Phi) is 14.7. The summed E-state index contributed by atoms with van der Waals surface area (Å²) in [5, 5.41) is 0. The number of aromatic nitrogens is 3. The van der Waals surface area contributed by atoms with Crippen LogP contribution in [0, 0.1) is 24.9 Å². The van der Waals surface area contributed by atoms with Crippen molar-refractivity contribution >= 4 is 11.4 Å². The van der Waals surface area contributed by atoms with Gasteiger partial charge in [-0.15, -0.1) is 77.6 Å². The summed E-state index contributed by atoms with van der Waals surface area (Å²) in [6.07, 6.45) is 13.4. The van der Waals surface area contributed by atoms with E-state index >= 15 is 0 Å². The van der Waals surface area contributed by atoms with Gasteiger partial charge in [-0.2, -0.15) is 23.8 Å². The number of hydrogen-bond donors (Lipinski definition) is 0. The van der Waals surface area contributed by atoms with Gasteiger partial charge in [-0.1, -0.05) is 175 Å². The molecule has 0 saturated heterocycles. The van der Waals surface area contributed by atoms with Crippen LogP contribution in [0.3, 0.4) is 0 Å². The molecule has 75 heavy (non-hydrogen) atoms. The number of benzene rings is 9. The van der Waals surface area contributed by atoms with Crippen LogP contribution < -0.4 is 9.80 Å². The van der Waals surface area contributed by atoms with Crippen molar-refractivity contribution in [2.45, 2.75) is 25.7 Å². The van der Waals surface area contributed by atoms with Crippen LogP contribution in [0.1, 0.15) is 22.3 Å². The molecule has 0 N–H and O–H groups in total. The Morgan fingerprint density at radius 3 is 1.67 bits per heavy atom. The molecule has 6 heteroatoms. The van der Waals surface area contributed by atoms with E-state index in [0.717, 1.165) is 87.6 Å². The molecule has 0 fully saturated rings. The van der Waals surface area contributed by atoms with Crippen molar-refractivity contribution in [2.75, 3.05) is 9.80 Å². The number of anilines is 2. The Bertz CT molecular complexity index is 3670. The third-order valence-corrected chi connectivity index (χ3v) is 13.8. The number of nitrogens with zero attached hydrogens (tertiary/aromatic N) is 5. The van der Waals surface area contributed by atoms with Crippen molar-refractivity contribution in [3.63, 3.8) is 0 Å². The normalized spacial score (nSPS) is 11.9. The Morgan fingerprint density at radius 2 is 0.987 bits per heavy atom. The molecular weight excluding hydrogens is 1090 g/mol. The summed E-state index contributed by atoms with van der Waals surface area (Å²) in [6.45, 7) is 2.09. The fraction of sp³-hybridized carbons (Fsp3) is 0.0580. The van der Waals surface area contributed by atoms with E-state index in [-0.39, 0.29) is 20.1 Å². The standard InChI is InChI=1S/C69H51N5.Ir/c1-4-14-55(15-5-1)56-33-35-57(36-34-56)67-49-59(68-22-12-13-41-70-68)37-40-66(67)65-21-11-10-20-64(65)60-47-53(25-23-51-27-31-58(32-28-51)69-71-42-43-74(69)63-18-8-3-9-19-63)46-54(48-60)26-24-52-29-38-62(39-30-52)73-45-44-72(50-73)61-16-6-2-7-17-61;/h1-22,27-31,33-36,38,40-50H,23-26H2;/q-4;. The summed E-state index contributed by atoms with van der Waals surface area (Å²) >= 11 is 0. The molecule has 2 aromatic heterocycles. The van der Waals surface area contributed by atoms with Crippen LogP contribution in [-0.4, -0.2) is 14.5 Å². The van der Waals surface area contributed by atoms with E-state index in [1.807, 2.05) is 42.9 Å². The van der Waals surface area contributed by atoms with Gasteiger partial charge in [-0.25, -0.2) is 0 Å². The smallest absolute Gasteiger partial charge is 0.0602 e. The zero-order valence-corrected chi connectivity index (χ0v) is 43.6. The fourth-order valence-electron chi connectivity index (χ4n) is 9.92. The minimum absolute atomic E-state index is 0. The molecule has 0 atom stereocenters. The zero-order valence-electron chi connectivity index (χ0n) is 41.2. The maximum absolute atomic E-state index is 4.72. The van der Waals surface area contributed by atoms with Gasteiger partial charge in [-0.05, 0) is 100 Å². The molecule has 3 heterocycles. The maximum Gasteiger partial charge on any atom is 0.0602 e. The minimum Gasteiger partial charge on any atom is -0.500 e. The summed E-state index contributed by atoms with van der Waals surface area (Å²) < 4.78 is 2.11. The summed E-state index contributed by atoms with van der Waals surface area (Å²) in [4.78, 5) is 13.7. The molecule has 365 valence electrons. The molecule has 11 aromatic rings. The average molecular weight is 1140 g/mol. The van der Waals surface area contributed by atoms with Gasteiger partial charge in [0.15, 0.2) is 0 Å². The van der Waals surface area contributed by atoms with Crippen molar-refractivity contribution in [1.82, 2.24) is 14.5 Å². The summed E-state index contributed by atoms with van der Waals surface area (Å²) in [6, 6.07) is 90.6. The van der Waals surface area contributed by atoms with Crippen molar-refractivity contribution < 1.29 is 20.1 Å². The summed E-state index contributed by atoms with van der Waals surface area (Å²) in [5.41, 5.74) is 20.4. The van der Waals surface area contributed by atoms with Crippen molar-refractivity contribution in [2.24, 2.45) is 0 Å². The third kappa shape index (κ3) is 11.0. The number of pyridine rings is 1. The third-order valence-electron chi connectivity index (χ3n) is 13.8. The number of hydrogen-bond acceptors (Lipinski definition) is 4. The van der Waals surface area contributed by atoms with E-state index in [0.29, 0.717) is 0 Å². The van der Waals surface area contributed by atoms with E-state index in [1.165, 1.54) is 44.5 Å². The van der Waals surface area contributed by atoms with Gasteiger partial charge < -0.3 is 19.4 Å². The zero-order chi connectivity index (χ0) is 49.5. The molecule has 0 bridgehead atoms. The van der Waals surface area contributed by atoms with E-state index in [2.05, 4.69) is 252 Å². The Balaban J connectivity index is 0.00000602. The van der Waals surface area contributed by atoms with Crippen molar-refractivity contribution in [1.29, 1.82) is 0 Å². The summed E-state index contributed by atoms with van der Waals surface area (Å²) in [7, 11) is 0. The van der Waals surface area contributed by atoms with Gasteiger partial charge in [0, 0.05) is 50.1 Å². The second-order valence-electron chi connectivity index (χ2n) is 18.6. The van der Waals surface area contributed by atoms with Crippen molar-refractivity contribution in [3.05, 3.63) is 303 Å². The maximum atomic E-state index is 4.72. The minimum atomic E-state index is 0. The molecule has 9 aromatic carbocycles. The van der Waals surface area contributed by atoms with E-state index in [1.54, 1.807) is 0 Å². The van der Waals surface area contributed by atoms with Crippen LogP contribution in [0.25, 0.3) is 72.8 Å². The molecule has 1 aliphatic heterocycles. The monoisotopic (exact) mass is 1140 g/mol. The van der Waals surface area contributed by atoms with E-state index in [9.17, 15) is 0 Å². The first-order chi connectivity index (χ1) is 36.6. The second-order valence-corrected chi connectivity index (χ2v) is 18.6. The van der Waals surface area contributed by atoms with Crippen LogP contribution in [0.4, 0.5) is 11.4 Å².